The van der Waals surface area contributed by atoms with Gasteiger partial charge in [-0.15, -0.1) is 0 Å². The number of para-hydroxylation sites is 2. The third-order valence-corrected chi connectivity index (χ3v) is 2.46. The molecule has 8 nitrogen and oxygen atoms in total. The molecule has 0 atom stereocenters. The molecule has 0 aliphatic carbocycles. The molecule has 8 heteroatoms. The third-order valence-electron chi connectivity index (χ3n) is 2.46. The van der Waals surface area contributed by atoms with Crippen LogP contribution in [0.4, 0.5) is 17.2 Å². The molecular weight excluding hydrogens is 276 g/mol. The summed E-state index contributed by atoms with van der Waals surface area (Å²) < 4.78 is 0. The number of amides is 2. The number of aromatic nitrogens is 1. The van der Waals surface area contributed by atoms with Crippen LogP contribution < -0.4 is 10.6 Å². The summed E-state index contributed by atoms with van der Waals surface area (Å²) in [6.45, 7) is 0. The molecule has 1 aromatic heterocycles. The van der Waals surface area contributed by atoms with Crippen LogP contribution in [-0.2, 0) is 9.59 Å². The van der Waals surface area contributed by atoms with Gasteiger partial charge < -0.3 is 10.6 Å². The van der Waals surface area contributed by atoms with Gasteiger partial charge in [0.1, 0.15) is 11.5 Å². The monoisotopic (exact) mass is 286 g/mol. The highest BCUT2D eigenvalue weighted by Gasteiger charge is 2.19. The highest BCUT2D eigenvalue weighted by molar-refractivity contribution is 6.43. The molecule has 0 saturated carbocycles. The van der Waals surface area contributed by atoms with Crippen molar-refractivity contribution in [3.05, 3.63) is 58.8 Å². The van der Waals surface area contributed by atoms with Gasteiger partial charge in [0.25, 0.3) is 5.69 Å². The van der Waals surface area contributed by atoms with E-state index in [4.69, 9.17) is 0 Å². The summed E-state index contributed by atoms with van der Waals surface area (Å²) >= 11 is 0. The molecule has 0 radical (unpaired) electrons. The number of rotatable bonds is 3. The number of benzene rings is 1. The number of hydrogen-bond acceptors (Lipinski definition) is 5. The lowest BCUT2D eigenvalue weighted by atomic mass is 10.2. The van der Waals surface area contributed by atoms with Gasteiger partial charge >= 0.3 is 11.8 Å². The zero-order valence-corrected chi connectivity index (χ0v) is 10.6. The number of anilines is 2. The van der Waals surface area contributed by atoms with E-state index in [1.807, 2.05) is 0 Å². The van der Waals surface area contributed by atoms with E-state index in [1.165, 1.54) is 36.5 Å². The van der Waals surface area contributed by atoms with Crippen molar-refractivity contribution in [2.45, 2.75) is 0 Å². The Morgan fingerprint density at radius 1 is 1.00 bits per heavy atom. The molecule has 21 heavy (non-hydrogen) atoms. The van der Waals surface area contributed by atoms with Crippen LogP contribution in [0.25, 0.3) is 0 Å². The summed E-state index contributed by atoms with van der Waals surface area (Å²) in [5, 5.41) is 15.3. The lowest BCUT2D eigenvalue weighted by Crippen LogP contribution is -2.29. The summed E-state index contributed by atoms with van der Waals surface area (Å²) in [6, 6.07) is 10.3. The van der Waals surface area contributed by atoms with Crippen LogP contribution in [0, 0.1) is 10.1 Å². The zero-order chi connectivity index (χ0) is 15.2. The zero-order valence-electron chi connectivity index (χ0n) is 10.6. The van der Waals surface area contributed by atoms with Gasteiger partial charge in [0.15, 0.2) is 0 Å². The Morgan fingerprint density at radius 3 is 2.33 bits per heavy atom. The van der Waals surface area contributed by atoms with Gasteiger partial charge in [-0.2, -0.15) is 0 Å². The van der Waals surface area contributed by atoms with Gasteiger partial charge in [0.05, 0.1) is 4.92 Å². The molecule has 2 amide bonds. The predicted molar refractivity (Wildman–Crippen MR) is 74.6 cm³/mol. The number of nitro benzene ring substituents is 1. The minimum Gasteiger partial charge on any atom is -0.312 e. The van der Waals surface area contributed by atoms with Gasteiger partial charge in [0.2, 0.25) is 0 Å². The van der Waals surface area contributed by atoms with Crippen molar-refractivity contribution in [2.24, 2.45) is 0 Å². The predicted octanol–water partition coefficient (Wildman–Crippen LogP) is 1.57. The van der Waals surface area contributed by atoms with Crippen LogP contribution in [0.5, 0.6) is 0 Å². The van der Waals surface area contributed by atoms with E-state index in [9.17, 15) is 19.7 Å². The van der Waals surface area contributed by atoms with E-state index < -0.39 is 16.7 Å². The largest absolute Gasteiger partial charge is 0.315 e. The van der Waals surface area contributed by atoms with Gasteiger partial charge in [-0.25, -0.2) is 4.98 Å². The molecule has 2 N–H and O–H groups in total. The second-order valence-corrected chi connectivity index (χ2v) is 3.90. The summed E-state index contributed by atoms with van der Waals surface area (Å²) in [5.41, 5.74) is -0.347. The van der Waals surface area contributed by atoms with Gasteiger partial charge in [0, 0.05) is 12.3 Å². The minimum atomic E-state index is -1.02. The number of nitrogens with one attached hydrogen (secondary N) is 2. The van der Waals surface area contributed by atoms with E-state index in [2.05, 4.69) is 15.6 Å². The standard InChI is InChI=1S/C13H10N4O4/c18-12(13(19)16-11-7-3-4-8-14-11)15-9-5-1-2-6-10(9)17(20)21/h1-8H,(H,15,18)(H,14,16,19). The van der Waals surface area contributed by atoms with Crippen LogP contribution in [-0.4, -0.2) is 21.7 Å². The normalized spacial score (nSPS) is 9.71. The van der Waals surface area contributed by atoms with Crippen molar-refractivity contribution in [2.75, 3.05) is 10.6 Å². The maximum Gasteiger partial charge on any atom is 0.315 e. The Labute approximate surface area is 119 Å². The third kappa shape index (κ3) is 3.60. The Hall–Kier alpha value is -3.29. The van der Waals surface area contributed by atoms with Gasteiger partial charge in [-0.05, 0) is 18.2 Å². The van der Waals surface area contributed by atoms with Gasteiger partial charge in [-0.3, -0.25) is 19.7 Å². The fraction of sp³-hybridized carbons (Fsp3) is 0. The summed E-state index contributed by atoms with van der Waals surface area (Å²) in [7, 11) is 0. The number of nitro groups is 1. The second kappa shape index (κ2) is 6.24. The van der Waals surface area contributed by atoms with E-state index in [1.54, 1.807) is 12.1 Å². The molecule has 2 rings (SSSR count). The molecule has 0 bridgehead atoms. The van der Waals surface area contributed by atoms with Crippen molar-refractivity contribution in [1.29, 1.82) is 0 Å². The Bertz CT molecular complexity index is 688. The van der Waals surface area contributed by atoms with Crippen molar-refractivity contribution in [1.82, 2.24) is 4.98 Å². The highest BCUT2D eigenvalue weighted by Crippen LogP contribution is 2.22. The van der Waals surface area contributed by atoms with E-state index in [0.29, 0.717) is 0 Å². The smallest absolute Gasteiger partial charge is 0.312 e. The van der Waals surface area contributed by atoms with Crippen LogP contribution >= 0.6 is 0 Å². The number of nitrogens with zero attached hydrogens (tertiary/aromatic N) is 2. The minimum absolute atomic E-state index is 0.0522. The van der Waals surface area contributed by atoms with E-state index >= 15 is 0 Å². The van der Waals surface area contributed by atoms with E-state index in [-0.39, 0.29) is 17.2 Å². The molecule has 106 valence electrons. The molecule has 0 fully saturated rings. The molecule has 0 spiro atoms. The molecule has 1 heterocycles. The first kappa shape index (κ1) is 14.1. The Kier molecular flexibility index (Phi) is 4.20. The Morgan fingerprint density at radius 2 is 1.67 bits per heavy atom. The second-order valence-electron chi connectivity index (χ2n) is 3.90. The Balaban J connectivity index is 2.08. The maximum atomic E-state index is 11.7. The highest BCUT2D eigenvalue weighted by atomic mass is 16.6. The van der Waals surface area contributed by atoms with Gasteiger partial charge in [-0.1, -0.05) is 18.2 Å². The molecule has 0 unspecified atom stereocenters. The average molecular weight is 286 g/mol. The number of carbonyl (C=O) groups excluding carboxylic acids is 2. The quantitative estimate of drug-likeness (QED) is 0.505. The fourth-order valence-electron chi connectivity index (χ4n) is 1.53. The first-order valence-corrected chi connectivity index (χ1v) is 5.84. The number of pyridine rings is 1. The summed E-state index contributed by atoms with van der Waals surface area (Å²) in [5.74, 6) is -1.78. The van der Waals surface area contributed by atoms with Crippen molar-refractivity contribution >= 4 is 29.0 Å². The van der Waals surface area contributed by atoms with E-state index in [0.717, 1.165) is 0 Å². The number of carbonyl (C=O) groups is 2. The molecular formula is C13H10N4O4. The fourth-order valence-corrected chi connectivity index (χ4v) is 1.53. The topological polar surface area (TPSA) is 114 Å². The SMILES string of the molecule is O=C(Nc1ccccn1)C(=O)Nc1ccccc1[N+](=O)[O-]. The molecule has 0 saturated heterocycles. The van der Waals surface area contributed by atoms with Crippen molar-refractivity contribution in [3.63, 3.8) is 0 Å². The molecule has 1 aromatic carbocycles. The van der Waals surface area contributed by atoms with Crippen LogP contribution in [0.1, 0.15) is 0 Å². The molecule has 0 aliphatic heterocycles. The maximum absolute atomic E-state index is 11.7. The average Bonchev–Trinajstić information content (AvgIpc) is 2.48. The first-order chi connectivity index (χ1) is 10.1. The van der Waals surface area contributed by atoms with Crippen LogP contribution in [0.15, 0.2) is 48.7 Å². The summed E-state index contributed by atoms with van der Waals surface area (Å²) in [4.78, 5) is 37.4. The lowest BCUT2D eigenvalue weighted by Gasteiger charge is -2.06. The van der Waals surface area contributed by atoms with Crippen LogP contribution in [0.3, 0.4) is 0 Å². The summed E-state index contributed by atoms with van der Waals surface area (Å²) in [6.07, 6.45) is 1.45. The van der Waals surface area contributed by atoms with Crippen molar-refractivity contribution in [3.8, 4) is 0 Å². The van der Waals surface area contributed by atoms with Crippen molar-refractivity contribution < 1.29 is 14.5 Å². The van der Waals surface area contributed by atoms with Crippen LogP contribution in [0.2, 0.25) is 0 Å². The first-order valence-electron chi connectivity index (χ1n) is 5.84. The lowest BCUT2D eigenvalue weighted by molar-refractivity contribution is -0.383. The molecule has 2 aromatic rings. The number of hydrogen-bond donors (Lipinski definition) is 2. The molecule has 0 aliphatic rings.